The molecule has 4 aromatic rings. The zero-order valence-electron chi connectivity index (χ0n) is 14.6. The molecule has 6 heteroatoms. The van der Waals surface area contributed by atoms with Crippen LogP contribution in [-0.2, 0) is 0 Å². The lowest BCUT2D eigenvalue weighted by molar-refractivity contribution is 0.0735. The van der Waals surface area contributed by atoms with E-state index in [2.05, 4.69) is 9.97 Å². The molecule has 1 fully saturated rings. The number of imidazole rings is 1. The molecule has 5 nitrogen and oxygen atoms in total. The molecule has 1 N–H and O–H groups in total. The van der Waals surface area contributed by atoms with Gasteiger partial charge >= 0.3 is 0 Å². The first kappa shape index (κ1) is 16.2. The van der Waals surface area contributed by atoms with Gasteiger partial charge in [0.1, 0.15) is 15.7 Å². The first-order valence-electron chi connectivity index (χ1n) is 9.06. The molecule has 2 aromatic heterocycles. The summed E-state index contributed by atoms with van der Waals surface area (Å²) in [6.07, 6.45) is 3.61. The summed E-state index contributed by atoms with van der Waals surface area (Å²) in [5, 5.41) is 0.874. The minimum absolute atomic E-state index is 0.00725. The van der Waals surface area contributed by atoms with Crippen molar-refractivity contribution in [2.45, 2.75) is 18.9 Å². The highest BCUT2D eigenvalue weighted by atomic mass is 32.1. The second kappa shape index (κ2) is 6.63. The molecular weight excluding hydrogens is 356 g/mol. The van der Waals surface area contributed by atoms with Crippen LogP contribution in [0.2, 0.25) is 0 Å². The number of H-pyrrole nitrogens is 1. The van der Waals surface area contributed by atoms with Crippen molar-refractivity contribution < 1.29 is 4.79 Å². The molecule has 1 saturated heterocycles. The molecule has 0 bridgehead atoms. The topological polar surface area (TPSA) is 61.9 Å². The maximum absolute atomic E-state index is 13.1. The first-order chi connectivity index (χ1) is 13.3. The number of thiazole rings is 1. The van der Waals surface area contributed by atoms with Crippen molar-refractivity contribution in [3.05, 3.63) is 71.5 Å². The number of nitrogens with one attached hydrogen (secondary N) is 1. The lowest BCUT2D eigenvalue weighted by Gasteiger charge is -2.22. The molecule has 0 radical (unpaired) electrons. The van der Waals surface area contributed by atoms with Gasteiger partial charge in [-0.2, -0.15) is 0 Å². The maximum Gasteiger partial charge on any atom is 0.266 e. The van der Waals surface area contributed by atoms with Crippen LogP contribution >= 0.6 is 11.3 Å². The van der Waals surface area contributed by atoms with E-state index in [4.69, 9.17) is 4.98 Å². The SMILES string of the molecule is O=C(c1cnc(-c2ccccc2)s1)N1CCC[C@@H]1c1nc2ccccc2[nH]1. The molecule has 27 heavy (non-hydrogen) atoms. The van der Waals surface area contributed by atoms with Crippen LogP contribution in [0.3, 0.4) is 0 Å². The quantitative estimate of drug-likeness (QED) is 0.567. The van der Waals surface area contributed by atoms with Crippen molar-refractivity contribution in [2.24, 2.45) is 0 Å². The number of aromatic nitrogens is 3. The second-order valence-corrected chi connectivity index (χ2v) is 7.72. The first-order valence-corrected chi connectivity index (χ1v) is 9.88. The molecular formula is C21H18N4OS. The molecule has 1 atom stereocenters. The van der Waals surface area contributed by atoms with Crippen LogP contribution in [-0.4, -0.2) is 32.3 Å². The highest BCUT2D eigenvalue weighted by Crippen LogP contribution is 2.34. The minimum atomic E-state index is -0.00725. The number of hydrogen-bond donors (Lipinski definition) is 1. The van der Waals surface area contributed by atoms with Gasteiger partial charge in [0.25, 0.3) is 5.91 Å². The summed E-state index contributed by atoms with van der Waals surface area (Å²) in [7, 11) is 0. The van der Waals surface area contributed by atoms with Gasteiger partial charge in [-0.3, -0.25) is 4.79 Å². The van der Waals surface area contributed by atoms with Gasteiger partial charge in [0.05, 0.1) is 23.3 Å². The van der Waals surface area contributed by atoms with Gasteiger partial charge in [-0.05, 0) is 25.0 Å². The molecule has 0 spiro atoms. The Labute approximate surface area is 160 Å². The van der Waals surface area contributed by atoms with E-state index in [9.17, 15) is 4.79 Å². The third-order valence-electron chi connectivity index (χ3n) is 4.97. The molecule has 2 aromatic carbocycles. The average Bonchev–Trinajstić information content (AvgIpc) is 3.46. The van der Waals surface area contributed by atoms with E-state index in [0.717, 1.165) is 46.8 Å². The summed E-state index contributed by atoms with van der Waals surface area (Å²) in [4.78, 5) is 28.3. The van der Waals surface area contributed by atoms with Crippen molar-refractivity contribution >= 4 is 28.3 Å². The van der Waals surface area contributed by atoms with E-state index in [1.54, 1.807) is 6.20 Å². The fourth-order valence-electron chi connectivity index (χ4n) is 3.65. The van der Waals surface area contributed by atoms with Gasteiger partial charge in [-0.15, -0.1) is 11.3 Å². The van der Waals surface area contributed by atoms with Crippen LogP contribution in [0.25, 0.3) is 21.6 Å². The molecule has 3 heterocycles. The number of likely N-dealkylation sites (tertiary alicyclic amines) is 1. The molecule has 0 saturated carbocycles. The molecule has 1 aliphatic rings. The molecule has 1 amide bonds. The van der Waals surface area contributed by atoms with Gasteiger partial charge in [0.2, 0.25) is 0 Å². The summed E-state index contributed by atoms with van der Waals surface area (Å²) in [5.41, 5.74) is 2.99. The maximum atomic E-state index is 13.1. The van der Waals surface area contributed by atoms with Crippen molar-refractivity contribution in [1.82, 2.24) is 19.9 Å². The summed E-state index contributed by atoms with van der Waals surface area (Å²) < 4.78 is 0. The second-order valence-electron chi connectivity index (χ2n) is 6.69. The fourth-order valence-corrected chi connectivity index (χ4v) is 4.53. The van der Waals surface area contributed by atoms with Gasteiger partial charge in [-0.1, -0.05) is 42.5 Å². The molecule has 0 aliphatic carbocycles. The smallest absolute Gasteiger partial charge is 0.266 e. The predicted molar refractivity (Wildman–Crippen MR) is 107 cm³/mol. The Bertz CT molecular complexity index is 1070. The van der Waals surface area contributed by atoms with Crippen LogP contribution in [0, 0.1) is 0 Å². The van der Waals surface area contributed by atoms with Crippen molar-refractivity contribution in [1.29, 1.82) is 0 Å². The molecule has 0 unspecified atom stereocenters. The van der Waals surface area contributed by atoms with Gasteiger partial charge in [0, 0.05) is 12.1 Å². The van der Waals surface area contributed by atoms with Gasteiger partial charge < -0.3 is 9.88 Å². The zero-order valence-corrected chi connectivity index (χ0v) is 15.4. The Morgan fingerprint density at radius 1 is 1.11 bits per heavy atom. The van der Waals surface area contributed by atoms with E-state index in [-0.39, 0.29) is 11.9 Å². The highest BCUT2D eigenvalue weighted by Gasteiger charge is 2.33. The van der Waals surface area contributed by atoms with Crippen LogP contribution < -0.4 is 0 Å². The Morgan fingerprint density at radius 2 is 1.93 bits per heavy atom. The highest BCUT2D eigenvalue weighted by molar-refractivity contribution is 7.16. The standard InChI is InChI=1S/C21H18N4OS/c26-21(18-13-22-20(27-18)14-7-2-1-3-8-14)25-12-6-11-17(25)19-23-15-9-4-5-10-16(15)24-19/h1-5,7-10,13,17H,6,11-12H2,(H,23,24)/t17-/m1/s1. The average molecular weight is 374 g/mol. The summed E-state index contributed by atoms with van der Waals surface area (Å²) in [6, 6.07) is 17.9. The number of para-hydroxylation sites is 2. The number of carbonyl (C=O) groups is 1. The van der Waals surface area contributed by atoms with E-state index in [1.165, 1.54) is 11.3 Å². The van der Waals surface area contributed by atoms with Crippen LogP contribution in [0.5, 0.6) is 0 Å². The van der Waals surface area contributed by atoms with Gasteiger partial charge in [-0.25, -0.2) is 9.97 Å². The lowest BCUT2D eigenvalue weighted by Crippen LogP contribution is -2.30. The van der Waals surface area contributed by atoms with Gasteiger partial charge in [0.15, 0.2) is 0 Å². The monoisotopic (exact) mass is 374 g/mol. The molecule has 134 valence electrons. The number of fused-ring (bicyclic) bond motifs is 1. The largest absolute Gasteiger partial charge is 0.340 e. The third-order valence-corrected chi connectivity index (χ3v) is 6.01. The van der Waals surface area contributed by atoms with E-state index in [1.807, 2.05) is 59.5 Å². The summed E-state index contributed by atoms with van der Waals surface area (Å²) in [6.45, 7) is 0.749. The Balaban J connectivity index is 1.43. The fraction of sp³-hybridized carbons (Fsp3) is 0.190. The predicted octanol–water partition coefficient (Wildman–Crippen LogP) is 4.66. The number of nitrogens with zero attached hydrogens (tertiary/aromatic N) is 3. The van der Waals surface area contributed by atoms with Crippen molar-refractivity contribution in [3.8, 4) is 10.6 Å². The van der Waals surface area contributed by atoms with Crippen LogP contribution in [0.1, 0.15) is 34.4 Å². The van der Waals surface area contributed by atoms with Crippen LogP contribution in [0.15, 0.2) is 60.8 Å². The lowest BCUT2D eigenvalue weighted by atomic mass is 10.2. The Morgan fingerprint density at radius 3 is 2.78 bits per heavy atom. The molecule has 5 rings (SSSR count). The van der Waals surface area contributed by atoms with E-state index in [0.29, 0.717) is 4.88 Å². The zero-order chi connectivity index (χ0) is 18.2. The van der Waals surface area contributed by atoms with Crippen molar-refractivity contribution in [2.75, 3.05) is 6.54 Å². The van der Waals surface area contributed by atoms with E-state index >= 15 is 0 Å². The normalized spacial score (nSPS) is 16.9. The third kappa shape index (κ3) is 2.92. The summed E-state index contributed by atoms with van der Waals surface area (Å²) >= 11 is 1.45. The number of aromatic amines is 1. The molecule has 1 aliphatic heterocycles. The number of hydrogen-bond acceptors (Lipinski definition) is 4. The Kier molecular flexibility index (Phi) is 3.98. The number of amides is 1. The minimum Gasteiger partial charge on any atom is -0.340 e. The Hall–Kier alpha value is -2.99. The number of benzene rings is 2. The van der Waals surface area contributed by atoms with E-state index < -0.39 is 0 Å². The van der Waals surface area contributed by atoms with Crippen LogP contribution in [0.4, 0.5) is 0 Å². The summed E-state index contributed by atoms with van der Waals surface area (Å²) in [5.74, 6) is 0.910. The number of rotatable bonds is 3. The number of carbonyl (C=O) groups excluding carboxylic acids is 1. The van der Waals surface area contributed by atoms with Crippen molar-refractivity contribution in [3.63, 3.8) is 0 Å².